The molecule has 1 atom stereocenters. The molecule has 1 aromatic heterocycles. The second-order valence-corrected chi connectivity index (χ2v) is 4.69. The first-order valence-electron chi connectivity index (χ1n) is 5.53. The highest BCUT2D eigenvalue weighted by molar-refractivity contribution is 7.09. The van der Waals surface area contributed by atoms with Gasteiger partial charge in [0, 0.05) is 29.6 Å². The van der Waals surface area contributed by atoms with Crippen molar-refractivity contribution in [3.63, 3.8) is 0 Å². The topological polar surface area (TPSA) is 34.2 Å². The predicted octanol–water partition coefficient (Wildman–Crippen LogP) is 2.65. The number of para-hydroxylation sites is 1. The molecule has 1 N–H and O–H groups in total. The van der Waals surface area contributed by atoms with Crippen LogP contribution in [0.15, 0.2) is 35.8 Å². The average molecular weight is 248 g/mol. The van der Waals surface area contributed by atoms with Crippen LogP contribution in [0.5, 0.6) is 5.75 Å². The molecule has 0 spiro atoms. The van der Waals surface area contributed by atoms with E-state index >= 15 is 0 Å². The number of rotatable bonds is 5. The molecule has 90 valence electrons. The zero-order chi connectivity index (χ0) is 12.1. The molecule has 0 radical (unpaired) electrons. The second-order valence-electron chi connectivity index (χ2n) is 3.71. The van der Waals surface area contributed by atoms with E-state index in [4.69, 9.17) is 4.74 Å². The molecule has 0 fully saturated rings. The number of aromatic nitrogens is 1. The first-order valence-corrected chi connectivity index (χ1v) is 6.41. The van der Waals surface area contributed by atoms with Crippen LogP contribution in [0.2, 0.25) is 0 Å². The minimum absolute atomic E-state index is 0.234. The molecule has 1 aromatic carbocycles. The zero-order valence-electron chi connectivity index (χ0n) is 10.0. The Labute approximate surface area is 105 Å². The molecule has 0 aliphatic carbocycles. The van der Waals surface area contributed by atoms with Gasteiger partial charge in [-0.3, -0.25) is 0 Å². The van der Waals surface area contributed by atoms with Gasteiger partial charge < -0.3 is 10.1 Å². The number of methoxy groups -OCH3 is 1. The van der Waals surface area contributed by atoms with Crippen LogP contribution >= 0.6 is 11.3 Å². The average Bonchev–Trinajstić information content (AvgIpc) is 2.89. The normalized spacial score (nSPS) is 12.4. The lowest BCUT2D eigenvalue weighted by Gasteiger charge is -2.18. The Morgan fingerprint density at radius 2 is 2.24 bits per heavy atom. The molecule has 0 bridgehead atoms. The van der Waals surface area contributed by atoms with E-state index in [0.717, 1.165) is 17.2 Å². The molecule has 1 heterocycles. The van der Waals surface area contributed by atoms with E-state index < -0.39 is 0 Å². The van der Waals surface area contributed by atoms with Gasteiger partial charge in [0.05, 0.1) is 12.1 Å². The van der Waals surface area contributed by atoms with Crippen molar-refractivity contribution >= 4 is 11.3 Å². The van der Waals surface area contributed by atoms with Crippen LogP contribution in [0.4, 0.5) is 0 Å². The van der Waals surface area contributed by atoms with Gasteiger partial charge in [-0.05, 0) is 13.1 Å². The van der Waals surface area contributed by atoms with Crippen molar-refractivity contribution in [1.82, 2.24) is 10.3 Å². The van der Waals surface area contributed by atoms with Crippen LogP contribution in [-0.4, -0.2) is 19.1 Å². The fourth-order valence-electron chi connectivity index (χ4n) is 1.85. The first kappa shape index (κ1) is 12.1. The van der Waals surface area contributed by atoms with Crippen molar-refractivity contribution in [3.8, 4) is 5.75 Å². The quantitative estimate of drug-likeness (QED) is 0.883. The van der Waals surface area contributed by atoms with Crippen molar-refractivity contribution in [2.45, 2.75) is 12.5 Å². The highest BCUT2D eigenvalue weighted by atomic mass is 32.1. The summed E-state index contributed by atoms with van der Waals surface area (Å²) < 4.78 is 5.39. The summed E-state index contributed by atoms with van der Waals surface area (Å²) in [6.45, 7) is 0. The lowest BCUT2D eigenvalue weighted by Crippen LogP contribution is -2.19. The van der Waals surface area contributed by atoms with Crippen LogP contribution in [-0.2, 0) is 6.42 Å². The number of nitrogens with one attached hydrogen (secondary N) is 1. The zero-order valence-corrected chi connectivity index (χ0v) is 10.8. The molecule has 2 aromatic rings. The van der Waals surface area contributed by atoms with E-state index in [2.05, 4.69) is 16.4 Å². The van der Waals surface area contributed by atoms with Crippen LogP contribution in [0.25, 0.3) is 0 Å². The largest absolute Gasteiger partial charge is 0.496 e. The molecular weight excluding hydrogens is 232 g/mol. The molecule has 3 nitrogen and oxygen atoms in total. The van der Waals surface area contributed by atoms with Gasteiger partial charge in [-0.25, -0.2) is 4.98 Å². The van der Waals surface area contributed by atoms with E-state index in [0.29, 0.717) is 0 Å². The summed E-state index contributed by atoms with van der Waals surface area (Å²) in [4.78, 5) is 4.32. The molecule has 17 heavy (non-hydrogen) atoms. The molecule has 2 rings (SSSR count). The van der Waals surface area contributed by atoms with Gasteiger partial charge in [-0.15, -0.1) is 11.3 Å². The number of nitrogens with zero attached hydrogens (tertiary/aromatic N) is 1. The third-order valence-corrected chi connectivity index (χ3v) is 3.53. The Morgan fingerprint density at radius 3 is 2.88 bits per heavy atom. The highest BCUT2D eigenvalue weighted by Crippen LogP contribution is 2.27. The summed E-state index contributed by atoms with van der Waals surface area (Å²) in [6.07, 6.45) is 2.73. The number of hydrogen-bond acceptors (Lipinski definition) is 4. The predicted molar refractivity (Wildman–Crippen MR) is 70.6 cm³/mol. The Kier molecular flexibility index (Phi) is 4.12. The second kappa shape index (κ2) is 5.80. The smallest absolute Gasteiger partial charge is 0.123 e. The molecule has 0 aliphatic heterocycles. The standard InChI is InChI=1S/C13H16N2OS/c1-14-11(9-13-15-7-8-17-13)10-5-3-4-6-12(10)16-2/h3-8,11,14H,9H2,1-2H3. The van der Waals surface area contributed by atoms with Crippen LogP contribution in [0.3, 0.4) is 0 Å². The van der Waals surface area contributed by atoms with E-state index in [1.165, 1.54) is 5.56 Å². The minimum Gasteiger partial charge on any atom is -0.496 e. The number of likely N-dealkylation sites (N-methyl/N-ethyl adjacent to an activating group) is 1. The number of benzene rings is 1. The third kappa shape index (κ3) is 2.84. The van der Waals surface area contributed by atoms with Gasteiger partial charge in [-0.2, -0.15) is 0 Å². The molecular formula is C13H16N2OS. The lowest BCUT2D eigenvalue weighted by molar-refractivity contribution is 0.401. The first-order chi connectivity index (χ1) is 8.35. The Balaban J connectivity index is 2.22. The van der Waals surface area contributed by atoms with Gasteiger partial charge >= 0.3 is 0 Å². The maximum absolute atomic E-state index is 5.39. The molecule has 0 saturated heterocycles. The molecule has 1 unspecified atom stereocenters. The summed E-state index contributed by atoms with van der Waals surface area (Å²) in [5.74, 6) is 0.920. The van der Waals surface area contributed by atoms with Crippen molar-refractivity contribution in [2.75, 3.05) is 14.2 Å². The summed E-state index contributed by atoms with van der Waals surface area (Å²) in [5.41, 5.74) is 1.17. The van der Waals surface area contributed by atoms with Crippen molar-refractivity contribution < 1.29 is 4.74 Å². The Bertz CT molecular complexity index is 456. The van der Waals surface area contributed by atoms with Crippen molar-refractivity contribution in [1.29, 1.82) is 0 Å². The monoisotopic (exact) mass is 248 g/mol. The fourth-order valence-corrected chi connectivity index (χ4v) is 2.51. The van der Waals surface area contributed by atoms with Crippen LogP contribution in [0.1, 0.15) is 16.6 Å². The Hall–Kier alpha value is -1.39. The van der Waals surface area contributed by atoms with Crippen LogP contribution in [0, 0.1) is 0 Å². The van der Waals surface area contributed by atoms with Crippen LogP contribution < -0.4 is 10.1 Å². The van der Waals surface area contributed by atoms with Crippen molar-refractivity contribution in [3.05, 3.63) is 46.4 Å². The summed E-state index contributed by atoms with van der Waals surface area (Å²) in [5, 5.41) is 6.46. The molecule has 4 heteroatoms. The maximum Gasteiger partial charge on any atom is 0.123 e. The fraction of sp³-hybridized carbons (Fsp3) is 0.308. The van der Waals surface area contributed by atoms with E-state index in [-0.39, 0.29) is 6.04 Å². The lowest BCUT2D eigenvalue weighted by atomic mass is 10.0. The van der Waals surface area contributed by atoms with Gasteiger partial charge in [0.1, 0.15) is 5.75 Å². The molecule has 0 amide bonds. The highest BCUT2D eigenvalue weighted by Gasteiger charge is 2.15. The number of thiazole rings is 1. The van der Waals surface area contributed by atoms with Gasteiger partial charge in [0.2, 0.25) is 0 Å². The summed E-state index contributed by atoms with van der Waals surface area (Å²) in [7, 11) is 3.67. The molecule has 0 saturated carbocycles. The Morgan fingerprint density at radius 1 is 1.41 bits per heavy atom. The SMILES string of the molecule is CNC(Cc1nccs1)c1ccccc1OC. The number of ether oxygens (including phenoxy) is 1. The minimum atomic E-state index is 0.234. The van der Waals surface area contributed by atoms with Crippen molar-refractivity contribution in [2.24, 2.45) is 0 Å². The maximum atomic E-state index is 5.39. The van der Waals surface area contributed by atoms with Gasteiger partial charge in [0.15, 0.2) is 0 Å². The van der Waals surface area contributed by atoms with E-state index in [1.54, 1.807) is 18.4 Å². The third-order valence-electron chi connectivity index (χ3n) is 2.73. The number of hydrogen-bond donors (Lipinski definition) is 1. The van der Waals surface area contributed by atoms with Gasteiger partial charge in [-0.1, -0.05) is 18.2 Å². The molecule has 0 aliphatic rings. The van der Waals surface area contributed by atoms with E-state index in [9.17, 15) is 0 Å². The van der Waals surface area contributed by atoms with E-state index in [1.807, 2.05) is 36.8 Å². The van der Waals surface area contributed by atoms with Gasteiger partial charge in [0.25, 0.3) is 0 Å². The summed E-state index contributed by atoms with van der Waals surface area (Å²) >= 11 is 1.68. The summed E-state index contributed by atoms with van der Waals surface area (Å²) in [6, 6.07) is 8.33.